The van der Waals surface area contributed by atoms with Gasteiger partial charge in [-0.1, -0.05) is 12.1 Å². The van der Waals surface area contributed by atoms with E-state index in [1.807, 2.05) is 11.9 Å². The van der Waals surface area contributed by atoms with Gasteiger partial charge in [-0.3, -0.25) is 0 Å². The highest BCUT2D eigenvalue weighted by molar-refractivity contribution is 7.89. The zero-order chi connectivity index (χ0) is 25.9. The van der Waals surface area contributed by atoms with Crippen LogP contribution in [0.25, 0.3) is 0 Å². The number of carbonyl (C=O) groups is 1. The number of carbonyl (C=O) groups excluding carboxylic acids is 1. The summed E-state index contributed by atoms with van der Waals surface area (Å²) in [4.78, 5) is 16.2. The molecule has 0 radical (unpaired) electrons. The highest BCUT2D eigenvalue weighted by atomic mass is 32.2. The van der Waals surface area contributed by atoms with Gasteiger partial charge >= 0.3 is 6.03 Å². The minimum atomic E-state index is -3.89. The molecule has 196 valence electrons. The van der Waals surface area contributed by atoms with Crippen molar-refractivity contribution in [1.82, 2.24) is 14.5 Å². The molecular weight excluding hydrogens is 494 g/mol. The summed E-state index contributed by atoms with van der Waals surface area (Å²) in [5.74, 6) is -1.37. The first-order valence-electron chi connectivity index (χ1n) is 11.7. The minimum absolute atomic E-state index is 0.000540. The van der Waals surface area contributed by atoms with Gasteiger partial charge in [0, 0.05) is 44.2 Å². The molecule has 2 aliphatic rings. The predicted molar refractivity (Wildman–Crippen MR) is 129 cm³/mol. The number of likely N-dealkylation sites (N-methyl/N-ethyl adjacent to an activating group) is 1. The van der Waals surface area contributed by atoms with Gasteiger partial charge in [-0.2, -0.15) is 0 Å². The predicted octanol–water partition coefficient (Wildman–Crippen LogP) is 2.24. The maximum Gasteiger partial charge on any atom is 0.321 e. The number of piperidine rings is 1. The molecule has 1 fully saturated rings. The lowest BCUT2D eigenvalue weighted by Gasteiger charge is -2.43. The lowest BCUT2D eigenvalue weighted by atomic mass is 9.78. The maximum absolute atomic E-state index is 14.0. The Morgan fingerprint density at radius 1 is 1.19 bits per heavy atom. The van der Waals surface area contributed by atoms with Crippen LogP contribution in [0.3, 0.4) is 0 Å². The molecule has 12 heteroatoms. The Bertz CT molecular complexity index is 1200. The molecule has 4 rings (SSSR count). The Morgan fingerprint density at radius 3 is 2.64 bits per heavy atom. The fourth-order valence-electron chi connectivity index (χ4n) is 4.68. The van der Waals surface area contributed by atoms with Crippen LogP contribution in [0.15, 0.2) is 47.4 Å². The van der Waals surface area contributed by atoms with Crippen LogP contribution in [0.1, 0.15) is 12.8 Å². The highest BCUT2D eigenvalue weighted by Crippen LogP contribution is 2.35. The molecule has 9 nitrogen and oxygen atoms in total. The molecule has 0 aromatic heterocycles. The van der Waals surface area contributed by atoms with E-state index in [0.29, 0.717) is 38.5 Å². The topological polar surface area (TPSA) is 111 Å². The van der Waals surface area contributed by atoms with Crippen molar-refractivity contribution in [2.75, 3.05) is 51.7 Å². The molecular formula is C24H30F2N4O5S. The van der Waals surface area contributed by atoms with E-state index >= 15 is 0 Å². The lowest BCUT2D eigenvalue weighted by Crippen LogP contribution is -2.52. The summed E-state index contributed by atoms with van der Waals surface area (Å²) < 4.78 is 61.2. The number of hydrogen-bond acceptors (Lipinski definition) is 6. The molecule has 2 aromatic rings. The molecule has 2 amide bonds. The Kier molecular flexibility index (Phi) is 7.79. The van der Waals surface area contributed by atoms with E-state index in [1.54, 1.807) is 23.1 Å². The van der Waals surface area contributed by atoms with E-state index in [4.69, 9.17) is 4.74 Å². The van der Waals surface area contributed by atoms with Crippen LogP contribution >= 0.6 is 0 Å². The molecule has 2 aromatic carbocycles. The summed E-state index contributed by atoms with van der Waals surface area (Å²) in [6, 6.07) is 8.81. The molecule has 1 saturated heterocycles. The number of benzene rings is 2. The van der Waals surface area contributed by atoms with Crippen LogP contribution in [0.5, 0.6) is 5.75 Å². The fraction of sp³-hybridized carbons (Fsp3) is 0.458. The SMILES string of the molecule is CN1CC(O)CNS(=O)(=O)c2ccccc2OCC2(CCN(C(=O)Nc3ccc(F)cc3F)CC2)C1. The van der Waals surface area contributed by atoms with Gasteiger partial charge in [-0.15, -0.1) is 0 Å². The van der Waals surface area contributed by atoms with Crippen molar-refractivity contribution in [3.8, 4) is 5.75 Å². The van der Waals surface area contributed by atoms with Crippen LogP contribution in [0, 0.1) is 17.0 Å². The third kappa shape index (κ3) is 6.12. The first-order chi connectivity index (χ1) is 17.1. The number of nitrogens with one attached hydrogen (secondary N) is 2. The maximum atomic E-state index is 14.0. The number of aliphatic hydroxyl groups is 1. The van der Waals surface area contributed by atoms with E-state index < -0.39 is 39.2 Å². The number of urea groups is 1. The lowest BCUT2D eigenvalue weighted by molar-refractivity contribution is 0.0256. The molecule has 1 atom stereocenters. The molecule has 2 aliphatic heterocycles. The molecule has 2 heterocycles. The van der Waals surface area contributed by atoms with Gasteiger partial charge in [0.25, 0.3) is 0 Å². The first kappa shape index (κ1) is 26.3. The number of anilines is 1. The van der Waals surface area contributed by atoms with E-state index in [9.17, 15) is 27.1 Å². The molecule has 0 bridgehead atoms. The van der Waals surface area contributed by atoms with Crippen molar-refractivity contribution in [3.05, 3.63) is 54.1 Å². The van der Waals surface area contributed by atoms with Crippen molar-refractivity contribution in [1.29, 1.82) is 0 Å². The number of amides is 2. The first-order valence-corrected chi connectivity index (χ1v) is 13.1. The number of likely N-dealkylation sites (tertiary alicyclic amines) is 1. The Hall–Kier alpha value is -2.80. The van der Waals surface area contributed by atoms with Crippen molar-refractivity contribution < 1.29 is 31.8 Å². The van der Waals surface area contributed by atoms with Crippen LogP contribution in [-0.2, 0) is 10.0 Å². The quantitative estimate of drug-likeness (QED) is 0.528. The number of rotatable bonds is 1. The number of fused-ring (bicyclic) bond motifs is 1. The molecule has 3 N–H and O–H groups in total. The molecule has 0 aliphatic carbocycles. The number of β-amino-alcohol motifs (C(OH)–C–C–N with tert-alkyl or cyclic N) is 1. The molecule has 36 heavy (non-hydrogen) atoms. The molecule has 0 saturated carbocycles. The fourth-order valence-corrected chi connectivity index (χ4v) is 5.90. The monoisotopic (exact) mass is 524 g/mol. The smallest absolute Gasteiger partial charge is 0.321 e. The van der Waals surface area contributed by atoms with Crippen molar-refractivity contribution in [2.24, 2.45) is 5.41 Å². The van der Waals surface area contributed by atoms with Crippen molar-refractivity contribution in [3.63, 3.8) is 0 Å². The number of hydrogen-bond donors (Lipinski definition) is 3. The Morgan fingerprint density at radius 2 is 1.92 bits per heavy atom. The Labute approximate surface area is 209 Å². The summed E-state index contributed by atoms with van der Waals surface area (Å²) in [5, 5.41) is 12.9. The highest BCUT2D eigenvalue weighted by Gasteiger charge is 2.39. The zero-order valence-corrected chi connectivity index (χ0v) is 20.7. The number of para-hydroxylation sites is 1. The molecule has 1 spiro atoms. The number of sulfonamides is 1. The number of ether oxygens (including phenoxy) is 1. The number of nitrogens with zero attached hydrogens (tertiary/aromatic N) is 2. The third-order valence-corrected chi connectivity index (χ3v) is 8.06. The molecule has 1 unspecified atom stereocenters. The van der Waals surface area contributed by atoms with Gasteiger partial charge in [-0.25, -0.2) is 26.7 Å². The van der Waals surface area contributed by atoms with Gasteiger partial charge < -0.3 is 25.0 Å². The van der Waals surface area contributed by atoms with E-state index in [2.05, 4.69) is 10.0 Å². The van der Waals surface area contributed by atoms with Gasteiger partial charge in [0.1, 0.15) is 22.3 Å². The Balaban J connectivity index is 1.50. The van der Waals surface area contributed by atoms with Crippen LogP contribution < -0.4 is 14.8 Å². The van der Waals surface area contributed by atoms with Gasteiger partial charge in [0.15, 0.2) is 0 Å². The minimum Gasteiger partial charge on any atom is -0.492 e. The third-order valence-electron chi connectivity index (χ3n) is 6.59. The normalized spacial score (nSPS) is 22.6. The number of halogens is 2. The van der Waals surface area contributed by atoms with Gasteiger partial charge in [-0.05, 0) is 44.2 Å². The van der Waals surface area contributed by atoms with Crippen molar-refractivity contribution in [2.45, 2.75) is 23.8 Å². The van der Waals surface area contributed by atoms with E-state index in [-0.39, 0.29) is 36.0 Å². The second-order valence-electron chi connectivity index (χ2n) is 9.48. The summed E-state index contributed by atoms with van der Waals surface area (Å²) >= 11 is 0. The average molecular weight is 525 g/mol. The van der Waals surface area contributed by atoms with Crippen molar-refractivity contribution >= 4 is 21.7 Å². The summed E-state index contributed by atoms with van der Waals surface area (Å²) in [6.45, 7) is 1.59. The van der Waals surface area contributed by atoms with Crippen LogP contribution in [0.2, 0.25) is 0 Å². The van der Waals surface area contributed by atoms with Gasteiger partial charge in [0.2, 0.25) is 10.0 Å². The van der Waals surface area contributed by atoms with Gasteiger partial charge in [0.05, 0.1) is 18.4 Å². The largest absolute Gasteiger partial charge is 0.492 e. The summed E-state index contributed by atoms with van der Waals surface area (Å²) in [7, 11) is -2.04. The summed E-state index contributed by atoms with van der Waals surface area (Å²) in [5.41, 5.74) is -0.522. The zero-order valence-electron chi connectivity index (χ0n) is 19.9. The second-order valence-corrected chi connectivity index (χ2v) is 11.2. The summed E-state index contributed by atoms with van der Waals surface area (Å²) in [6.07, 6.45) is 0.172. The standard InChI is InChI=1S/C24H30F2N4O5S/c1-29-14-18(31)13-27-36(33,34)22-5-3-2-4-21(22)35-16-24(15-29)8-10-30(11-9-24)23(32)28-20-7-6-17(25)12-19(20)26/h2-7,12,18,27,31H,8-11,13-16H2,1H3,(H,28,32). The van der Waals surface area contributed by atoms with E-state index in [1.165, 1.54) is 12.1 Å². The second kappa shape index (κ2) is 10.7. The number of aliphatic hydroxyl groups excluding tert-OH is 1. The van der Waals surface area contributed by atoms with Crippen LogP contribution in [0.4, 0.5) is 19.3 Å². The van der Waals surface area contributed by atoms with Crippen LogP contribution in [-0.4, -0.2) is 81.8 Å². The average Bonchev–Trinajstić information content (AvgIpc) is 2.83. The van der Waals surface area contributed by atoms with E-state index in [0.717, 1.165) is 6.07 Å².